The van der Waals surface area contributed by atoms with Gasteiger partial charge in [0.1, 0.15) is 0 Å². The third-order valence-corrected chi connectivity index (χ3v) is 5.12. The van der Waals surface area contributed by atoms with Gasteiger partial charge in [0, 0.05) is 42.0 Å². The second-order valence-electron chi connectivity index (χ2n) is 6.59. The molecule has 0 N–H and O–H groups in total. The lowest BCUT2D eigenvalue weighted by Gasteiger charge is -2.54. The van der Waals surface area contributed by atoms with Crippen LogP contribution >= 0.6 is 15.9 Å². The number of ether oxygens (including phenoxy) is 1. The lowest BCUT2D eigenvalue weighted by Crippen LogP contribution is -2.62. The number of amides is 1. The topological polar surface area (TPSA) is 42.4 Å². The van der Waals surface area contributed by atoms with Crippen molar-refractivity contribution in [2.45, 2.75) is 52.2 Å². The molecule has 0 radical (unpaired) electrons. The van der Waals surface area contributed by atoms with Crippen LogP contribution in [0.5, 0.6) is 0 Å². The predicted molar refractivity (Wildman–Crippen MR) is 90.9 cm³/mol. The molecule has 1 amide bonds. The van der Waals surface area contributed by atoms with Crippen molar-refractivity contribution < 1.29 is 9.53 Å². The minimum absolute atomic E-state index is 0.0129. The molecule has 1 aliphatic rings. The number of aromatic nitrogens is 1. The van der Waals surface area contributed by atoms with Crippen molar-refractivity contribution in [2.24, 2.45) is 5.41 Å². The van der Waals surface area contributed by atoms with Crippen molar-refractivity contribution in [3.05, 3.63) is 28.5 Å². The molecule has 4 nitrogen and oxygen atoms in total. The fraction of sp³-hybridized carbons (Fsp3) is 0.647. The Hall–Kier alpha value is -0.940. The van der Waals surface area contributed by atoms with Gasteiger partial charge in [-0.1, -0.05) is 27.2 Å². The van der Waals surface area contributed by atoms with Gasteiger partial charge in [0.15, 0.2) is 0 Å². The smallest absolute Gasteiger partial charge is 0.255 e. The van der Waals surface area contributed by atoms with E-state index < -0.39 is 0 Å². The van der Waals surface area contributed by atoms with E-state index >= 15 is 0 Å². The first-order valence-corrected chi connectivity index (χ1v) is 8.66. The molecule has 0 saturated heterocycles. The summed E-state index contributed by atoms with van der Waals surface area (Å²) in [6, 6.07) is 2.01. The summed E-state index contributed by atoms with van der Waals surface area (Å²) in [5.41, 5.74) is 0.598. The number of carbonyl (C=O) groups excluding carboxylic acids is 1. The lowest BCUT2D eigenvalue weighted by atomic mass is 9.63. The minimum Gasteiger partial charge on any atom is -0.378 e. The quantitative estimate of drug-likeness (QED) is 0.715. The van der Waals surface area contributed by atoms with Crippen LogP contribution in [-0.4, -0.2) is 41.6 Å². The zero-order chi connectivity index (χ0) is 16.3. The average molecular weight is 369 g/mol. The number of rotatable bonds is 6. The van der Waals surface area contributed by atoms with E-state index in [0.29, 0.717) is 5.56 Å². The third-order valence-electron chi connectivity index (χ3n) is 4.68. The first-order chi connectivity index (χ1) is 10.4. The van der Waals surface area contributed by atoms with Gasteiger partial charge in [0.2, 0.25) is 0 Å². The van der Waals surface area contributed by atoms with Crippen LogP contribution in [0.4, 0.5) is 0 Å². The second kappa shape index (κ2) is 7.09. The van der Waals surface area contributed by atoms with E-state index in [4.69, 9.17) is 4.74 Å². The Morgan fingerprint density at radius 1 is 1.50 bits per heavy atom. The van der Waals surface area contributed by atoms with E-state index in [-0.39, 0.29) is 23.5 Å². The Morgan fingerprint density at radius 3 is 2.82 bits per heavy atom. The number of pyridine rings is 1. The molecule has 22 heavy (non-hydrogen) atoms. The molecule has 5 heteroatoms. The molecule has 0 bridgehead atoms. The zero-order valence-electron chi connectivity index (χ0n) is 13.8. The summed E-state index contributed by atoms with van der Waals surface area (Å²) in [6.45, 7) is 7.34. The fourth-order valence-corrected chi connectivity index (χ4v) is 3.41. The van der Waals surface area contributed by atoms with Crippen molar-refractivity contribution in [1.29, 1.82) is 0 Å². The molecule has 1 aliphatic carbocycles. The zero-order valence-corrected chi connectivity index (χ0v) is 15.4. The number of hydrogen-bond acceptors (Lipinski definition) is 3. The van der Waals surface area contributed by atoms with Gasteiger partial charge < -0.3 is 9.64 Å². The highest BCUT2D eigenvalue weighted by atomic mass is 79.9. The monoisotopic (exact) mass is 368 g/mol. The normalized spacial score (nSPS) is 23.0. The van der Waals surface area contributed by atoms with Crippen molar-refractivity contribution in [1.82, 2.24) is 9.88 Å². The van der Waals surface area contributed by atoms with Gasteiger partial charge in [-0.15, -0.1) is 0 Å². The molecule has 2 rings (SSSR count). The van der Waals surface area contributed by atoms with E-state index in [2.05, 4.69) is 41.7 Å². The SMILES string of the molecule is CCCCOC1CC(N(C)C(=O)c2cncc(Br)c2)C1(C)C. The van der Waals surface area contributed by atoms with Crippen LogP contribution in [-0.2, 0) is 4.74 Å². The Morgan fingerprint density at radius 2 is 2.23 bits per heavy atom. The Kier molecular flexibility index (Phi) is 5.61. The first-order valence-electron chi connectivity index (χ1n) is 7.87. The lowest BCUT2D eigenvalue weighted by molar-refractivity contribution is -0.140. The molecule has 122 valence electrons. The molecule has 0 aliphatic heterocycles. The van der Waals surface area contributed by atoms with Gasteiger partial charge in [-0.25, -0.2) is 0 Å². The Balaban J connectivity index is 1.99. The number of carbonyl (C=O) groups is 1. The number of unbranched alkanes of at least 4 members (excludes halogenated alkanes) is 1. The summed E-state index contributed by atoms with van der Waals surface area (Å²) in [7, 11) is 1.87. The van der Waals surface area contributed by atoms with E-state index in [0.717, 1.165) is 30.3 Å². The van der Waals surface area contributed by atoms with Crippen LogP contribution in [0.2, 0.25) is 0 Å². The maximum Gasteiger partial charge on any atom is 0.255 e. The minimum atomic E-state index is -0.0163. The Bertz CT molecular complexity index is 533. The Labute approximate surface area is 141 Å². The summed E-state index contributed by atoms with van der Waals surface area (Å²) in [6.07, 6.45) is 6.67. The van der Waals surface area contributed by atoms with Crippen molar-refractivity contribution in [3.8, 4) is 0 Å². The van der Waals surface area contributed by atoms with Gasteiger partial charge in [0.25, 0.3) is 5.91 Å². The third kappa shape index (κ3) is 3.51. The standard InChI is InChI=1S/C17H25BrN2O2/c1-5-6-7-22-15-9-14(17(15,2)3)20(4)16(21)12-8-13(18)11-19-10-12/h8,10-11,14-15H,5-7,9H2,1-4H3. The highest BCUT2D eigenvalue weighted by Gasteiger charge is 2.51. The van der Waals surface area contributed by atoms with Gasteiger partial charge in [-0.3, -0.25) is 9.78 Å². The molecular formula is C17H25BrN2O2. The molecule has 1 saturated carbocycles. The summed E-state index contributed by atoms with van der Waals surface area (Å²) in [5.74, 6) is 0.0129. The largest absolute Gasteiger partial charge is 0.378 e. The summed E-state index contributed by atoms with van der Waals surface area (Å²) < 4.78 is 6.78. The van der Waals surface area contributed by atoms with Crippen LogP contribution in [0.15, 0.2) is 22.9 Å². The van der Waals surface area contributed by atoms with E-state index in [1.807, 2.05) is 18.0 Å². The molecule has 2 atom stereocenters. The maximum atomic E-state index is 12.6. The van der Waals surface area contributed by atoms with Crippen molar-refractivity contribution >= 4 is 21.8 Å². The van der Waals surface area contributed by atoms with Gasteiger partial charge in [-0.2, -0.15) is 0 Å². The van der Waals surface area contributed by atoms with Crippen LogP contribution in [0.25, 0.3) is 0 Å². The van der Waals surface area contributed by atoms with Crippen LogP contribution in [0.1, 0.15) is 50.4 Å². The average Bonchev–Trinajstić information content (AvgIpc) is 2.48. The summed E-state index contributed by atoms with van der Waals surface area (Å²) >= 11 is 3.36. The molecule has 1 aromatic rings. The fourth-order valence-electron chi connectivity index (χ4n) is 3.05. The summed E-state index contributed by atoms with van der Waals surface area (Å²) in [4.78, 5) is 18.5. The van der Waals surface area contributed by atoms with Crippen LogP contribution in [0.3, 0.4) is 0 Å². The molecule has 1 fully saturated rings. The van der Waals surface area contributed by atoms with Gasteiger partial charge in [-0.05, 0) is 34.8 Å². The number of hydrogen-bond donors (Lipinski definition) is 0. The highest BCUT2D eigenvalue weighted by Crippen LogP contribution is 2.45. The highest BCUT2D eigenvalue weighted by molar-refractivity contribution is 9.10. The van der Waals surface area contributed by atoms with E-state index in [1.54, 1.807) is 12.4 Å². The van der Waals surface area contributed by atoms with E-state index in [9.17, 15) is 4.79 Å². The molecule has 2 unspecified atom stereocenters. The van der Waals surface area contributed by atoms with Crippen molar-refractivity contribution in [3.63, 3.8) is 0 Å². The van der Waals surface area contributed by atoms with Crippen LogP contribution < -0.4 is 0 Å². The van der Waals surface area contributed by atoms with E-state index in [1.165, 1.54) is 0 Å². The van der Waals surface area contributed by atoms with Gasteiger partial charge in [0.05, 0.1) is 11.7 Å². The number of halogens is 1. The predicted octanol–water partition coefficient (Wildman–Crippen LogP) is 3.90. The molecule has 1 heterocycles. The molecule has 0 spiro atoms. The maximum absolute atomic E-state index is 12.6. The second-order valence-corrected chi connectivity index (χ2v) is 7.51. The first kappa shape index (κ1) is 17.4. The van der Waals surface area contributed by atoms with Crippen LogP contribution in [0, 0.1) is 5.41 Å². The molecule has 1 aromatic heterocycles. The molecule has 0 aromatic carbocycles. The van der Waals surface area contributed by atoms with Crippen molar-refractivity contribution in [2.75, 3.05) is 13.7 Å². The number of nitrogens with zero attached hydrogens (tertiary/aromatic N) is 2. The van der Waals surface area contributed by atoms with Gasteiger partial charge >= 0.3 is 0 Å². The molecular weight excluding hydrogens is 344 g/mol. The summed E-state index contributed by atoms with van der Waals surface area (Å²) in [5, 5.41) is 0.